The molecule has 0 saturated carbocycles. The largest absolute Gasteiger partial charge is 0.373 e. The lowest BCUT2D eigenvalue weighted by atomic mass is 9.98. The lowest BCUT2D eigenvalue weighted by Crippen LogP contribution is -2.48. The van der Waals surface area contributed by atoms with Crippen LogP contribution in [0.3, 0.4) is 0 Å². The molecule has 2 atom stereocenters. The van der Waals surface area contributed by atoms with Crippen molar-refractivity contribution < 1.29 is 26.4 Å². The summed E-state index contributed by atoms with van der Waals surface area (Å²) in [6.07, 6.45) is 1.25. The Bertz CT molecular complexity index is 1020. The number of carbonyl (C=O) groups is 1. The van der Waals surface area contributed by atoms with Crippen molar-refractivity contribution in [1.82, 2.24) is 9.21 Å². The van der Waals surface area contributed by atoms with E-state index in [2.05, 4.69) is 0 Å². The molecule has 1 aromatic rings. The lowest BCUT2D eigenvalue weighted by Gasteiger charge is -2.34. The molecule has 0 N–H and O–H groups in total. The molecule has 2 heterocycles. The Labute approximate surface area is 198 Å². The minimum absolute atomic E-state index is 0.0217. The molecule has 1 aromatic carbocycles. The summed E-state index contributed by atoms with van der Waals surface area (Å²) in [6, 6.07) is 6.51. The number of carbonyl (C=O) groups excluding carboxylic acids is 1. The molecular weight excluding hydrogens is 464 g/mol. The van der Waals surface area contributed by atoms with Crippen LogP contribution in [0.2, 0.25) is 0 Å². The first-order chi connectivity index (χ1) is 15.4. The molecule has 0 unspecified atom stereocenters. The zero-order valence-corrected chi connectivity index (χ0v) is 21.6. The van der Waals surface area contributed by atoms with Gasteiger partial charge in [-0.25, -0.2) is 16.8 Å². The van der Waals surface area contributed by atoms with Crippen molar-refractivity contribution in [1.29, 1.82) is 0 Å². The molecule has 186 valence electrons. The second-order valence-electron chi connectivity index (χ2n) is 9.60. The van der Waals surface area contributed by atoms with Crippen LogP contribution in [0.5, 0.6) is 0 Å². The molecular formula is C23H36N2O6S2. The average Bonchev–Trinajstić information content (AvgIpc) is 2.73. The van der Waals surface area contributed by atoms with Crippen molar-refractivity contribution in [2.45, 2.75) is 69.3 Å². The van der Waals surface area contributed by atoms with Crippen LogP contribution in [0.1, 0.15) is 46.1 Å². The zero-order chi connectivity index (χ0) is 24.4. The van der Waals surface area contributed by atoms with E-state index in [0.29, 0.717) is 39.0 Å². The standard InChI is InChI=1S/C23H36N2O6S2/c1-17(2)32(27,28)16-21-9-11-24(12-10-21)23(26)13-20-5-7-22(8-6-20)33(29,30)25-14-18(3)31-19(4)15-25/h5-8,17-19,21H,9-16H2,1-4H3/t18-,19+. The summed E-state index contributed by atoms with van der Waals surface area (Å²) in [7, 11) is -6.69. The summed E-state index contributed by atoms with van der Waals surface area (Å²) in [4.78, 5) is 14.7. The summed E-state index contributed by atoms with van der Waals surface area (Å²) in [6.45, 7) is 8.87. The minimum atomic E-state index is -3.61. The van der Waals surface area contributed by atoms with Gasteiger partial charge in [-0.1, -0.05) is 12.1 Å². The summed E-state index contributed by atoms with van der Waals surface area (Å²) in [5, 5.41) is -0.376. The van der Waals surface area contributed by atoms with Gasteiger partial charge in [-0.05, 0) is 64.2 Å². The third-order valence-electron chi connectivity index (χ3n) is 6.46. The Morgan fingerprint density at radius 1 is 1.00 bits per heavy atom. The predicted molar refractivity (Wildman–Crippen MR) is 127 cm³/mol. The second-order valence-corrected chi connectivity index (χ2v) is 14.1. The van der Waals surface area contributed by atoms with Crippen molar-refractivity contribution >= 4 is 25.8 Å². The van der Waals surface area contributed by atoms with E-state index in [-0.39, 0.29) is 46.4 Å². The van der Waals surface area contributed by atoms with E-state index in [9.17, 15) is 21.6 Å². The lowest BCUT2D eigenvalue weighted by molar-refractivity contribution is -0.131. The van der Waals surface area contributed by atoms with Crippen LogP contribution in [0.15, 0.2) is 29.2 Å². The Balaban J connectivity index is 1.55. The van der Waals surface area contributed by atoms with E-state index < -0.39 is 19.9 Å². The predicted octanol–water partition coefficient (Wildman–Crippen LogP) is 2.09. The Morgan fingerprint density at radius 3 is 2.06 bits per heavy atom. The third kappa shape index (κ3) is 6.55. The van der Waals surface area contributed by atoms with Crippen molar-refractivity contribution in [3.63, 3.8) is 0 Å². The van der Waals surface area contributed by atoms with Gasteiger partial charge < -0.3 is 9.64 Å². The van der Waals surface area contributed by atoms with Crippen molar-refractivity contribution in [3.8, 4) is 0 Å². The van der Waals surface area contributed by atoms with Crippen molar-refractivity contribution in [2.75, 3.05) is 31.9 Å². The van der Waals surface area contributed by atoms with Crippen LogP contribution in [0, 0.1) is 5.92 Å². The quantitative estimate of drug-likeness (QED) is 0.568. The first kappa shape index (κ1) is 26.1. The number of hydrogen-bond donors (Lipinski definition) is 0. The number of nitrogens with zero attached hydrogens (tertiary/aromatic N) is 2. The van der Waals surface area contributed by atoms with Gasteiger partial charge in [-0.2, -0.15) is 4.31 Å². The molecule has 0 bridgehead atoms. The molecule has 2 saturated heterocycles. The summed E-state index contributed by atoms with van der Waals surface area (Å²) < 4.78 is 57.4. The number of benzene rings is 1. The fourth-order valence-electron chi connectivity index (χ4n) is 4.41. The van der Waals surface area contributed by atoms with E-state index in [0.717, 1.165) is 5.56 Å². The highest BCUT2D eigenvalue weighted by Crippen LogP contribution is 2.23. The van der Waals surface area contributed by atoms with Gasteiger partial charge in [0.05, 0.1) is 34.5 Å². The van der Waals surface area contributed by atoms with Gasteiger partial charge in [0, 0.05) is 26.2 Å². The number of amides is 1. The third-order valence-corrected chi connectivity index (χ3v) is 10.7. The molecule has 2 fully saturated rings. The molecule has 33 heavy (non-hydrogen) atoms. The van der Waals surface area contributed by atoms with Crippen LogP contribution in [0.25, 0.3) is 0 Å². The van der Waals surface area contributed by atoms with Gasteiger partial charge >= 0.3 is 0 Å². The Hall–Kier alpha value is -1.49. The van der Waals surface area contributed by atoms with Crippen LogP contribution >= 0.6 is 0 Å². The van der Waals surface area contributed by atoms with E-state index in [1.54, 1.807) is 43.0 Å². The highest BCUT2D eigenvalue weighted by Gasteiger charge is 2.32. The van der Waals surface area contributed by atoms with E-state index in [1.165, 1.54) is 4.31 Å². The normalized spacial score (nSPS) is 23.7. The highest BCUT2D eigenvalue weighted by molar-refractivity contribution is 7.92. The maximum Gasteiger partial charge on any atom is 0.243 e. The van der Waals surface area contributed by atoms with Crippen molar-refractivity contribution in [2.24, 2.45) is 5.92 Å². The molecule has 10 heteroatoms. The van der Waals surface area contributed by atoms with Gasteiger partial charge in [0.25, 0.3) is 0 Å². The van der Waals surface area contributed by atoms with E-state index >= 15 is 0 Å². The highest BCUT2D eigenvalue weighted by atomic mass is 32.2. The molecule has 2 aliphatic rings. The molecule has 0 radical (unpaired) electrons. The Kier molecular flexibility index (Phi) is 8.24. The topological polar surface area (TPSA) is 101 Å². The fraction of sp³-hybridized carbons (Fsp3) is 0.696. The average molecular weight is 501 g/mol. The molecule has 8 nitrogen and oxygen atoms in total. The number of likely N-dealkylation sites (tertiary alicyclic amines) is 1. The summed E-state index contributed by atoms with van der Waals surface area (Å²) in [5.74, 6) is 0.256. The molecule has 1 amide bonds. The van der Waals surface area contributed by atoms with Crippen LogP contribution < -0.4 is 0 Å². The van der Waals surface area contributed by atoms with Crippen molar-refractivity contribution in [3.05, 3.63) is 29.8 Å². The molecule has 0 spiro atoms. The maximum atomic E-state index is 13.0. The molecule has 0 aliphatic carbocycles. The maximum absolute atomic E-state index is 13.0. The zero-order valence-electron chi connectivity index (χ0n) is 19.9. The number of sulfonamides is 1. The Morgan fingerprint density at radius 2 is 1.55 bits per heavy atom. The fourth-order valence-corrected chi connectivity index (χ4v) is 7.38. The summed E-state index contributed by atoms with van der Waals surface area (Å²) >= 11 is 0. The second kappa shape index (κ2) is 10.4. The molecule has 0 aromatic heterocycles. The minimum Gasteiger partial charge on any atom is -0.373 e. The van der Waals surface area contributed by atoms with E-state index in [4.69, 9.17) is 4.74 Å². The van der Waals surface area contributed by atoms with Crippen LogP contribution in [0.4, 0.5) is 0 Å². The first-order valence-electron chi connectivity index (χ1n) is 11.6. The van der Waals surface area contributed by atoms with Gasteiger partial charge in [0.15, 0.2) is 9.84 Å². The molecule has 2 aliphatic heterocycles. The smallest absolute Gasteiger partial charge is 0.243 e. The molecule has 3 rings (SSSR count). The van der Waals surface area contributed by atoms with Gasteiger partial charge in [0.1, 0.15) is 0 Å². The summed E-state index contributed by atoms with van der Waals surface area (Å²) in [5.41, 5.74) is 0.757. The number of sulfone groups is 1. The SMILES string of the molecule is CC(C)S(=O)(=O)CC1CCN(C(=O)Cc2ccc(S(=O)(=O)N3C[C@@H](C)O[C@@H](C)C3)cc2)CC1. The first-order valence-corrected chi connectivity index (χ1v) is 14.8. The van der Waals surface area contributed by atoms with Gasteiger partial charge in [-0.3, -0.25) is 4.79 Å². The van der Waals surface area contributed by atoms with Crippen LogP contribution in [-0.4, -0.2) is 81.3 Å². The van der Waals surface area contributed by atoms with Gasteiger partial charge in [0.2, 0.25) is 15.9 Å². The van der Waals surface area contributed by atoms with E-state index in [1.807, 2.05) is 13.8 Å². The number of hydrogen-bond acceptors (Lipinski definition) is 6. The van der Waals surface area contributed by atoms with Gasteiger partial charge in [-0.15, -0.1) is 0 Å². The van der Waals surface area contributed by atoms with Crippen LogP contribution in [-0.2, 0) is 35.8 Å². The number of morpholine rings is 1. The monoisotopic (exact) mass is 500 g/mol. The number of piperidine rings is 1. The number of rotatable bonds is 7. The number of ether oxygens (including phenoxy) is 1.